The first-order valence-electron chi connectivity index (χ1n) is 6.29. The van der Waals surface area contributed by atoms with Gasteiger partial charge in [-0.25, -0.2) is 9.78 Å². The zero-order valence-corrected chi connectivity index (χ0v) is 11.5. The molecule has 1 unspecified atom stereocenters. The molecule has 1 aliphatic rings. The molecule has 0 fully saturated rings. The topological polar surface area (TPSA) is 59.4 Å². The van der Waals surface area contributed by atoms with Gasteiger partial charge in [-0.2, -0.15) is 0 Å². The number of carbonyl (C=O) groups is 1. The fraction of sp³-hybridized carbons (Fsp3) is 0.200. The average Bonchev–Trinajstić information content (AvgIpc) is 2.88. The number of fused-ring (bicyclic) bond motifs is 1. The lowest BCUT2D eigenvalue weighted by atomic mass is 10.1. The predicted octanol–water partition coefficient (Wildman–Crippen LogP) is 2.88. The Kier molecular flexibility index (Phi) is 3.60. The molecule has 5 heteroatoms. The van der Waals surface area contributed by atoms with Crippen molar-refractivity contribution in [3.05, 3.63) is 53.9 Å². The monoisotopic (exact) mass is 287 g/mol. The van der Waals surface area contributed by atoms with Gasteiger partial charge in [0.2, 0.25) is 0 Å². The van der Waals surface area contributed by atoms with Gasteiger partial charge >= 0.3 is 5.97 Å². The summed E-state index contributed by atoms with van der Waals surface area (Å²) in [5.74, 6) is -0.426. The summed E-state index contributed by atoms with van der Waals surface area (Å²) in [6.07, 6.45) is 2.46. The molecule has 2 aromatic rings. The summed E-state index contributed by atoms with van der Waals surface area (Å²) in [7, 11) is 0. The molecule has 0 bridgehead atoms. The largest absolute Gasteiger partial charge is 0.491 e. The van der Waals surface area contributed by atoms with Crippen LogP contribution in [-0.2, 0) is 6.42 Å². The van der Waals surface area contributed by atoms with E-state index in [-0.39, 0.29) is 5.69 Å². The van der Waals surface area contributed by atoms with E-state index in [0.717, 1.165) is 6.42 Å². The molecule has 1 atom stereocenters. The number of thioether (sulfide) groups is 1. The van der Waals surface area contributed by atoms with E-state index in [1.54, 1.807) is 6.07 Å². The van der Waals surface area contributed by atoms with E-state index in [0.29, 0.717) is 17.6 Å². The van der Waals surface area contributed by atoms with Crippen molar-refractivity contribution in [2.45, 2.75) is 16.6 Å². The van der Waals surface area contributed by atoms with Crippen LogP contribution in [0.15, 0.2) is 47.5 Å². The van der Waals surface area contributed by atoms with Crippen molar-refractivity contribution in [3.8, 4) is 5.75 Å². The maximum atomic E-state index is 10.7. The van der Waals surface area contributed by atoms with Gasteiger partial charge in [-0.15, -0.1) is 11.8 Å². The molecule has 0 aliphatic carbocycles. The molecule has 0 amide bonds. The summed E-state index contributed by atoms with van der Waals surface area (Å²) in [5.41, 5.74) is 1.39. The van der Waals surface area contributed by atoms with Crippen LogP contribution >= 0.6 is 11.8 Å². The molecular weight excluding hydrogens is 274 g/mol. The van der Waals surface area contributed by atoms with Crippen LogP contribution in [0.3, 0.4) is 0 Å². The highest BCUT2D eigenvalue weighted by Crippen LogP contribution is 2.36. The number of ether oxygens (including phenoxy) is 1. The Morgan fingerprint density at radius 2 is 2.20 bits per heavy atom. The number of nitrogens with zero attached hydrogens (tertiary/aromatic N) is 1. The molecule has 102 valence electrons. The van der Waals surface area contributed by atoms with Crippen molar-refractivity contribution in [2.75, 3.05) is 6.61 Å². The van der Waals surface area contributed by atoms with Crippen molar-refractivity contribution in [1.29, 1.82) is 0 Å². The molecule has 2 heterocycles. The smallest absolute Gasteiger partial charge is 0.354 e. The molecule has 1 aromatic heterocycles. The third-order valence-electron chi connectivity index (χ3n) is 3.11. The summed E-state index contributed by atoms with van der Waals surface area (Å²) >= 11 is 1.82. The van der Waals surface area contributed by atoms with Gasteiger partial charge in [-0.05, 0) is 30.2 Å². The zero-order valence-electron chi connectivity index (χ0n) is 10.7. The number of benzene rings is 1. The third kappa shape index (κ3) is 2.77. The quantitative estimate of drug-likeness (QED) is 0.937. The molecule has 1 aromatic carbocycles. The van der Waals surface area contributed by atoms with Crippen LogP contribution in [0.5, 0.6) is 5.75 Å². The third-order valence-corrected chi connectivity index (χ3v) is 4.39. The summed E-state index contributed by atoms with van der Waals surface area (Å²) in [6.45, 7) is 0.591. The normalized spacial score (nSPS) is 16.7. The Balaban J connectivity index is 1.57. The highest BCUT2D eigenvalue weighted by molar-refractivity contribution is 8.00. The van der Waals surface area contributed by atoms with Gasteiger partial charge in [-0.1, -0.05) is 18.2 Å². The van der Waals surface area contributed by atoms with E-state index in [1.165, 1.54) is 22.7 Å². The second-order valence-corrected chi connectivity index (χ2v) is 5.89. The number of aromatic nitrogens is 1. The van der Waals surface area contributed by atoms with Crippen LogP contribution in [0.1, 0.15) is 16.1 Å². The van der Waals surface area contributed by atoms with E-state index < -0.39 is 5.97 Å². The average molecular weight is 287 g/mol. The number of pyridine rings is 1. The molecule has 0 saturated carbocycles. The van der Waals surface area contributed by atoms with Gasteiger partial charge < -0.3 is 9.84 Å². The number of carboxylic acid groups (broad SMARTS) is 1. The fourth-order valence-electron chi connectivity index (χ4n) is 2.13. The van der Waals surface area contributed by atoms with Crippen LogP contribution in [0.4, 0.5) is 0 Å². The Morgan fingerprint density at radius 1 is 1.35 bits per heavy atom. The van der Waals surface area contributed by atoms with Gasteiger partial charge in [0.1, 0.15) is 18.1 Å². The first-order valence-corrected chi connectivity index (χ1v) is 7.17. The van der Waals surface area contributed by atoms with E-state index >= 15 is 0 Å². The number of carboxylic acids is 1. The lowest BCUT2D eigenvalue weighted by molar-refractivity contribution is 0.0690. The van der Waals surface area contributed by atoms with Gasteiger partial charge in [0, 0.05) is 10.1 Å². The number of aromatic carboxylic acids is 1. The second kappa shape index (κ2) is 5.54. The summed E-state index contributed by atoms with van der Waals surface area (Å²) in [4.78, 5) is 15.8. The van der Waals surface area contributed by atoms with Gasteiger partial charge in [0.15, 0.2) is 0 Å². The maximum absolute atomic E-state index is 10.7. The molecule has 0 radical (unpaired) electrons. The molecule has 0 saturated heterocycles. The van der Waals surface area contributed by atoms with Crippen molar-refractivity contribution in [3.63, 3.8) is 0 Å². The van der Waals surface area contributed by atoms with Crippen molar-refractivity contribution in [1.82, 2.24) is 4.98 Å². The van der Waals surface area contributed by atoms with Crippen LogP contribution in [0.25, 0.3) is 0 Å². The lowest BCUT2D eigenvalue weighted by Gasteiger charge is -2.10. The number of rotatable bonds is 4. The van der Waals surface area contributed by atoms with Crippen molar-refractivity contribution < 1.29 is 14.6 Å². The van der Waals surface area contributed by atoms with Gasteiger partial charge in [0.25, 0.3) is 0 Å². The molecule has 20 heavy (non-hydrogen) atoms. The first kappa shape index (κ1) is 13.0. The molecule has 3 rings (SSSR count). The SMILES string of the molecule is O=C(O)c1ccc(OCC2Cc3ccccc3S2)cn1. The maximum Gasteiger partial charge on any atom is 0.354 e. The summed E-state index contributed by atoms with van der Waals surface area (Å²) in [5, 5.41) is 9.17. The van der Waals surface area contributed by atoms with E-state index in [9.17, 15) is 4.79 Å². The van der Waals surface area contributed by atoms with Gasteiger partial charge in [0.05, 0.1) is 6.20 Å². The Labute approximate surface area is 120 Å². The Morgan fingerprint density at radius 3 is 2.90 bits per heavy atom. The highest BCUT2D eigenvalue weighted by atomic mass is 32.2. The van der Waals surface area contributed by atoms with E-state index in [4.69, 9.17) is 9.84 Å². The zero-order chi connectivity index (χ0) is 13.9. The molecule has 0 spiro atoms. The molecule has 1 aliphatic heterocycles. The van der Waals surface area contributed by atoms with Crippen molar-refractivity contribution in [2.24, 2.45) is 0 Å². The summed E-state index contributed by atoms with van der Waals surface area (Å²) in [6, 6.07) is 11.5. The standard InChI is InChI=1S/C15H13NO3S/c17-15(18)13-6-5-11(8-16-13)19-9-12-7-10-3-1-2-4-14(10)20-12/h1-6,8,12H,7,9H2,(H,17,18). The minimum absolute atomic E-state index is 0.0278. The minimum atomic E-state index is -1.03. The van der Waals surface area contributed by atoms with E-state index in [1.807, 2.05) is 17.8 Å². The van der Waals surface area contributed by atoms with Gasteiger partial charge in [-0.3, -0.25) is 0 Å². The van der Waals surface area contributed by atoms with Crippen LogP contribution in [-0.4, -0.2) is 27.9 Å². The summed E-state index contributed by atoms with van der Waals surface area (Å²) < 4.78 is 5.68. The first-order chi connectivity index (χ1) is 9.72. The molecule has 1 N–H and O–H groups in total. The molecule has 4 nitrogen and oxygen atoms in total. The van der Waals surface area contributed by atoms with Crippen molar-refractivity contribution >= 4 is 17.7 Å². The Hall–Kier alpha value is -2.01. The Bertz CT molecular complexity index is 602. The molecular formula is C15H13NO3S. The number of hydrogen-bond acceptors (Lipinski definition) is 4. The lowest BCUT2D eigenvalue weighted by Crippen LogP contribution is -2.13. The number of hydrogen-bond donors (Lipinski definition) is 1. The fourth-order valence-corrected chi connectivity index (χ4v) is 3.35. The minimum Gasteiger partial charge on any atom is -0.491 e. The highest BCUT2D eigenvalue weighted by Gasteiger charge is 2.22. The predicted molar refractivity (Wildman–Crippen MR) is 76.5 cm³/mol. The van der Waals surface area contributed by atoms with Crippen LogP contribution in [0.2, 0.25) is 0 Å². The second-order valence-electron chi connectivity index (χ2n) is 4.55. The van der Waals surface area contributed by atoms with Crippen LogP contribution in [0, 0.1) is 0 Å². The van der Waals surface area contributed by atoms with Crippen LogP contribution < -0.4 is 4.74 Å². The van der Waals surface area contributed by atoms with E-state index in [2.05, 4.69) is 23.2 Å².